The highest BCUT2D eigenvalue weighted by Gasteiger charge is 2.12. The normalized spacial score (nSPS) is 11.9. The van der Waals surface area contributed by atoms with Gasteiger partial charge in [-0.15, -0.1) is 0 Å². The van der Waals surface area contributed by atoms with Gasteiger partial charge in [-0.05, 0) is 55.3 Å². The zero-order valence-electron chi connectivity index (χ0n) is 23.5. The first-order chi connectivity index (χ1) is 19.9. The Bertz CT molecular complexity index is 1680. The Morgan fingerprint density at radius 3 is 2.20 bits per heavy atom. The molecule has 3 aromatic heterocycles. The van der Waals surface area contributed by atoms with E-state index in [4.69, 9.17) is 27.6 Å². The highest BCUT2D eigenvalue weighted by atomic mass is 35.5. The second-order valence-corrected chi connectivity index (χ2v) is 12.1. The SMILES string of the molecule is CCCCCCN(CCCCCC)c1ccc2cc(/C=C/c3nc4nc5cc(Cl)c(Cl)cc5nc4s3)c(=O)oc2c1. The van der Waals surface area contributed by atoms with Crippen molar-refractivity contribution < 1.29 is 4.42 Å². The predicted molar refractivity (Wildman–Crippen MR) is 175 cm³/mol. The smallest absolute Gasteiger partial charge is 0.343 e. The van der Waals surface area contributed by atoms with Gasteiger partial charge in [0.1, 0.15) is 10.6 Å². The molecule has 0 fully saturated rings. The molecule has 0 saturated heterocycles. The van der Waals surface area contributed by atoms with Crippen LogP contribution < -0.4 is 10.5 Å². The standard InChI is InChI=1S/C32H34Cl2N4O2S/c1-3-5-7-9-15-38(16-10-8-6-4-2)23-13-11-21-17-22(32(39)40-28(21)18-23)12-14-29-37-30-31(41-29)36-27-20-25(34)24(33)19-26(27)35-30/h11-14,17-20H,3-10,15-16H2,1-2H3/b14-12+. The molecule has 41 heavy (non-hydrogen) atoms. The van der Waals surface area contributed by atoms with Crippen molar-refractivity contribution in [3.8, 4) is 0 Å². The third-order valence-electron chi connectivity index (χ3n) is 7.15. The number of thiazole rings is 1. The molecule has 0 N–H and O–H groups in total. The van der Waals surface area contributed by atoms with Crippen molar-refractivity contribution in [2.75, 3.05) is 18.0 Å². The van der Waals surface area contributed by atoms with Crippen LogP contribution in [0.4, 0.5) is 5.69 Å². The van der Waals surface area contributed by atoms with Gasteiger partial charge in [0.25, 0.3) is 0 Å². The first-order valence-electron chi connectivity index (χ1n) is 14.4. The van der Waals surface area contributed by atoms with Gasteiger partial charge in [0.15, 0.2) is 10.5 Å². The maximum atomic E-state index is 12.9. The maximum Gasteiger partial charge on any atom is 0.343 e. The Morgan fingerprint density at radius 2 is 1.51 bits per heavy atom. The fourth-order valence-corrected chi connectivity index (χ4v) is 5.99. The summed E-state index contributed by atoms with van der Waals surface area (Å²) in [6, 6.07) is 11.5. The summed E-state index contributed by atoms with van der Waals surface area (Å²) >= 11 is 13.7. The summed E-state index contributed by atoms with van der Waals surface area (Å²) in [5.41, 5.74) is 3.60. The number of anilines is 1. The number of halogens is 2. The van der Waals surface area contributed by atoms with Gasteiger partial charge >= 0.3 is 5.63 Å². The van der Waals surface area contributed by atoms with E-state index in [0.717, 1.165) is 24.2 Å². The third kappa shape index (κ3) is 7.26. The second kappa shape index (κ2) is 13.8. The number of hydrogen-bond acceptors (Lipinski definition) is 7. The molecule has 0 aliphatic rings. The van der Waals surface area contributed by atoms with Crippen LogP contribution in [-0.2, 0) is 0 Å². The first kappa shape index (κ1) is 29.5. The summed E-state index contributed by atoms with van der Waals surface area (Å²) < 4.78 is 5.79. The number of unbranched alkanes of at least 4 members (excludes halogenated alkanes) is 6. The average Bonchev–Trinajstić information content (AvgIpc) is 3.36. The van der Waals surface area contributed by atoms with E-state index in [9.17, 15) is 4.79 Å². The molecule has 5 rings (SSSR count). The van der Waals surface area contributed by atoms with Crippen molar-refractivity contribution in [1.29, 1.82) is 0 Å². The van der Waals surface area contributed by atoms with Crippen molar-refractivity contribution in [3.05, 3.63) is 67.4 Å². The van der Waals surface area contributed by atoms with Gasteiger partial charge < -0.3 is 9.32 Å². The van der Waals surface area contributed by atoms with E-state index in [-0.39, 0.29) is 5.63 Å². The van der Waals surface area contributed by atoms with Gasteiger partial charge in [0.05, 0.1) is 26.6 Å². The summed E-state index contributed by atoms with van der Waals surface area (Å²) in [5, 5.41) is 2.42. The lowest BCUT2D eigenvalue weighted by atomic mass is 10.1. The van der Waals surface area contributed by atoms with Crippen molar-refractivity contribution in [3.63, 3.8) is 0 Å². The molecule has 0 aliphatic heterocycles. The van der Waals surface area contributed by atoms with Gasteiger partial charge in [0.2, 0.25) is 0 Å². The zero-order chi connectivity index (χ0) is 28.8. The van der Waals surface area contributed by atoms with Crippen LogP contribution in [0.1, 0.15) is 75.8 Å². The van der Waals surface area contributed by atoms with Gasteiger partial charge in [-0.3, -0.25) is 0 Å². The minimum Gasteiger partial charge on any atom is -0.422 e. The fraction of sp³-hybridized carbons (Fsp3) is 0.375. The van der Waals surface area contributed by atoms with Gasteiger partial charge in [-0.25, -0.2) is 19.7 Å². The van der Waals surface area contributed by atoms with Crippen molar-refractivity contribution in [2.24, 2.45) is 0 Å². The monoisotopic (exact) mass is 608 g/mol. The van der Waals surface area contributed by atoms with Crippen LogP contribution in [0.2, 0.25) is 10.0 Å². The average molecular weight is 610 g/mol. The molecule has 0 unspecified atom stereocenters. The Hall–Kier alpha value is -3.00. The molecule has 0 atom stereocenters. The lowest BCUT2D eigenvalue weighted by molar-refractivity contribution is 0.558. The number of aromatic nitrogens is 3. The molecule has 0 saturated carbocycles. The first-order valence-corrected chi connectivity index (χ1v) is 16.0. The van der Waals surface area contributed by atoms with Crippen molar-refractivity contribution in [2.45, 2.75) is 65.2 Å². The van der Waals surface area contributed by atoms with Crippen molar-refractivity contribution >= 4 is 84.9 Å². The minimum absolute atomic E-state index is 0.379. The Labute approximate surface area is 254 Å². The summed E-state index contributed by atoms with van der Waals surface area (Å²) in [5.74, 6) is 0. The number of hydrogen-bond donors (Lipinski definition) is 0. The molecule has 9 heteroatoms. The molecule has 0 aliphatic carbocycles. The van der Waals surface area contributed by atoms with Crippen LogP contribution in [-0.4, -0.2) is 28.0 Å². The highest BCUT2D eigenvalue weighted by Crippen LogP contribution is 2.29. The predicted octanol–water partition coefficient (Wildman–Crippen LogP) is 9.79. The van der Waals surface area contributed by atoms with E-state index < -0.39 is 0 Å². The molecule has 0 amide bonds. The van der Waals surface area contributed by atoms with Crippen LogP contribution in [0.25, 0.3) is 44.6 Å². The largest absolute Gasteiger partial charge is 0.422 e. The number of nitrogens with zero attached hydrogens (tertiary/aromatic N) is 4. The molecule has 2 aromatic carbocycles. The second-order valence-electron chi connectivity index (χ2n) is 10.3. The Kier molecular flexibility index (Phi) is 9.91. The maximum absolute atomic E-state index is 12.9. The van der Waals surface area contributed by atoms with E-state index in [1.54, 1.807) is 24.3 Å². The third-order valence-corrected chi connectivity index (χ3v) is 8.78. The molecule has 0 bridgehead atoms. The van der Waals surface area contributed by atoms with Crippen LogP contribution >= 0.6 is 34.5 Å². The van der Waals surface area contributed by atoms with Gasteiger partial charge in [0, 0.05) is 30.2 Å². The molecule has 0 spiro atoms. The molecule has 3 heterocycles. The van der Waals surface area contributed by atoms with E-state index >= 15 is 0 Å². The van der Waals surface area contributed by atoms with Crippen molar-refractivity contribution in [1.82, 2.24) is 15.0 Å². The van der Waals surface area contributed by atoms with Crippen LogP contribution in [0, 0.1) is 0 Å². The summed E-state index contributed by atoms with van der Waals surface area (Å²) in [6.45, 7) is 6.51. The molecular weight excluding hydrogens is 575 g/mol. The van der Waals surface area contributed by atoms with Crippen LogP contribution in [0.3, 0.4) is 0 Å². The molecule has 0 radical (unpaired) electrons. The topological polar surface area (TPSA) is 72.1 Å². The summed E-state index contributed by atoms with van der Waals surface area (Å²) in [4.78, 5) is 29.8. The number of fused-ring (bicyclic) bond motifs is 3. The number of benzene rings is 2. The molecular formula is C32H34Cl2N4O2S. The minimum atomic E-state index is -0.379. The quantitative estimate of drug-likeness (QED) is 0.0978. The lowest BCUT2D eigenvalue weighted by Crippen LogP contribution is -2.25. The number of rotatable bonds is 13. The Balaban J connectivity index is 1.36. The van der Waals surface area contributed by atoms with E-state index in [0.29, 0.717) is 47.7 Å². The fourth-order valence-electron chi connectivity index (χ4n) is 4.88. The zero-order valence-corrected chi connectivity index (χ0v) is 25.8. The Morgan fingerprint density at radius 1 is 0.829 bits per heavy atom. The lowest BCUT2D eigenvalue weighted by Gasteiger charge is -2.25. The molecule has 214 valence electrons. The molecule has 6 nitrogen and oxygen atoms in total. The summed E-state index contributed by atoms with van der Waals surface area (Å²) in [6.07, 6.45) is 13.3. The van der Waals surface area contributed by atoms with Gasteiger partial charge in [-0.1, -0.05) is 86.9 Å². The van der Waals surface area contributed by atoms with Crippen LogP contribution in [0.5, 0.6) is 0 Å². The highest BCUT2D eigenvalue weighted by molar-refractivity contribution is 7.18. The van der Waals surface area contributed by atoms with Crippen LogP contribution in [0.15, 0.2) is 45.6 Å². The van der Waals surface area contributed by atoms with Gasteiger partial charge in [-0.2, -0.15) is 0 Å². The van der Waals surface area contributed by atoms with E-state index in [1.807, 2.05) is 18.2 Å². The van der Waals surface area contributed by atoms with E-state index in [2.05, 4.69) is 39.8 Å². The summed E-state index contributed by atoms with van der Waals surface area (Å²) in [7, 11) is 0. The van der Waals surface area contributed by atoms with E-state index in [1.165, 1.54) is 62.7 Å². The molecule has 5 aromatic rings.